The summed E-state index contributed by atoms with van der Waals surface area (Å²) in [5.74, 6) is 0.477. The van der Waals surface area contributed by atoms with E-state index in [-0.39, 0.29) is 46.1 Å². The van der Waals surface area contributed by atoms with E-state index in [1.807, 2.05) is 30.3 Å². The van der Waals surface area contributed by atoms with E-state index in [0.29, 0.717) is 21.8 Å². The van der Waals surface area contributed by atoms with Gasteiger partial charge in [0.2, 0.25) is 0 Å². The molecule has 0 radical (unpaired) electrons. The van der Waals surface area contributed by atoms with Crippen LogP contribution in [0.2, 0.25) is 0 Å². The van der Waals surface area contributed by atoms with Gasteiger partial charge in [-0.15, -0.1) is 0 Å². The number of ether oxygens (including phenoxy) is 4. The minimum absolute atomic E-state index is 0.145. The maximum atomic E-state index is 14.0. The number of thiazole rings is 1. The van der Waals surface area contributed by atoms with Gasteiger partial charge in [0.15, 0.2) is 16.3 Å². The number of esters is 1. The summed E-state index contributed by atoms with van der Waals surface area (Å²) in [6, 6.07) is 18.3. The summed E-state index contributed by atoms with van der Waals surface area (Å²) in [6.45, 7) is 3.71. The molecule has 4 aromatic rings. The Morgan fingerprint density at radius 3 is 2.43 bits per heavy atom. The SMILES string of the molecule is CCOC(=O)C1=C(C)N=c2s/c(=C\c3cc(OC)c(OCc4ccccc4)cc3[N+](=O)[O-])c(=O)n2[C@H]1c1ccc(OC)cc1. The van der Waals surface area contributed by atoms with Crippen molar-refractivity contribution in [1.29, 1.82) is 0 Å². The van der Waals surface area contributed by atoms with Crippen LogP contribution in [0.15, 0.2) is 87.8 Å². The van der Waals surface area contributed by atoms with Gasteiger partial charge in [-0.2, -0.15) is 0 Å². The molecule has 0 spiro atoms. The molecule has 11 nitrogen and oxygen atoms in total. The van der Waals surface area contributed by atoms with Crippen molar-refractivity contribution in [3.63, 3.8) is 0 Å². The Morgan fingerprint density at radius 1 is 1.07 bits per heavy atom. The van der Waals surface area contributed by atoms with Crippen molar-refractivity contribution in [2.24, 2.45) is 4.99 Å². The Balaban J connectivity index is 1.64. The minimum atomic E-state index is -0.836. The summed E-state index contributed by atoms with van der Waals surface area (Å²) >= 11 is 1.06. The van der Waals surface area contributed by atoms with Crippen LogP contribution in [0.1, 0.15) is 36.6 Å². The molecule has 1 atom stereocenters. The number of carbonyl (C=O) groups excluding carboxylic acids is 1. The summed E-state index contributed by atoms with van der Waals surface area (Å²) in [5.41, 5.74) is 1.56. The van der Waals surface area contributed by atoms with E-state index in [1.54, 1.807) is 45.2 Å². The predicted octanol–water partition coefficient (Wildman–Crippen LogP) is 4.30. The fraction of sp³-hybridized carbons (Fsp3) is 0.219. The molecule has 0 saturated heterocycles. The summed E-state index contributed by atoms with van der Waals surface area (Å²) < 4.78 is 23.6. The van der Waals surface area contributed by atoms with Gasteiger partial charge < -0.3 is 18.9 Å². The highest BCUT2D eigenvalue weighted by Crippen LogP contribution is 2.36. The van der Waals surface area contributed by atoms with Crippen molar-refractivity contribution < 1.29 is 28.7 Å². The van der Waals surface area contributed by atoms with Gasteiger partial charge >= 0.3 is 5.97 Å². The minimum Gasteiger partial charge on any atom is -0.497 e. The largest absolute Gasteiger partial charge is 0.497 e. The summed E-state index contributed by atoms with van der Waals surface area (Å²) in [7, 11) is 2.98. The number of hydrogen-bond acceptors (Lipinski definition) is 10. The third-order valence-corrected chi connectivity index (χ3v) is 7.96. The van der Waals surface area contributed by atoms with Crippen molar-refractivity contribution >= 4 is 29.1 Å². The monoisotopic (exact) mass is 615 g/mol. The van der Waals surface area contributed by atoms with E-state index in [1.165, 1.54) is 29.9 Å². The zero-order valence-corrected chi connectivity index (χ0v) is 25.3. The lowest BCUT2D eigenvalue weighted by molar-refractivity contribution is -0.385. The number of nitro benzene ring substituents is 1. The smallest absolute Gasteiger partial charge is 0.338 e. The van der Waals surface area contributed by atoms with Gasteiger partial charge in [-0.1, -0.05) is 53.8 Å². The number of carbonyl (C=O) groups is 1. The first-order valence-electron chi connectivity index (χ1n) is 13.6. The first kappa shape index (κ1) is 30.2. The van der Waals surface area contributed by atoms with Crippen molar-refractivity contribution in [2.45, 2.75) is 26.5 Å². The van der Waals surface area contributed by atoms with Crippen LogP contribution in [-0.4, -0.2) is 36.3 Å². The fourth-order valence-electron chi connectivity index (χ4n) is 4.88. The standard InChI is InChI=1S/C32H29N3O8S/c1-5-42-31(37)28-19(2)33-32-34(29(28)21-11-13-23(40-3)14-12-21)30(36)27(44-32)16-22-15-25(41-4)26(17-24(22)35(38)39)43-18-20-9-7-6-8-10-20/h6-17,29H,5,18H2,1-4H3/b27-16-/t29-/m0/s1. The number of rotatable bonds is 10. The molecule has 226 valence electrons. The number of nitrogens with zero attached hydrogens (tertiary/aromatic N) is 3. The average Bonchev–Trinajstić information content (AvgIpc) is 3.33. The van der Waals surface area contributed by atoms with Crippen LogP contribution < -0.4 is 29.1 Å². The molecular weight excluding hydrogens is 586 g/mol. The van der Waals surface area contributed by atoms with Crippen molar-refractivity contribution in [1.82, 2.24) is 4.57 Å². The summed E-state index contributed by atoms with van der Waals surface area (Å²) in [6.07, 6.45) is 1.43. The lowest BCUT2D eigenvalue weighted by atomic mass is 9.96. The second kappa shape index (κ2) is 13.0. The molecule has 2 heterocycles. The Labute approximate surface area is 256 Å². The van der Waals surface area contributed by atoms with E-state index in [9.17, 15) is 19.7 Å². The predicted molar refractivity (Wildman–Crippen MR) is 164 cm³/mol. The van der Waals surface area contributed by atoms with Gasteiger partial charge in [0.05, 0.1) is 59.2 Å². The lowest BCUT2D eigenvalue weighted by Gasteiger charge is -2.24. The van der Waals surface area contributed by atoms with Crippen LogP contribution >= 0.6 is 11.3 Å². The van der Waals surface area contributed by atoms with Crippen LogP contribution in [-0.2, 0) is 16.1 Å². The molecule has 5 rings (SSSR count). The van der Waals surface area contributed by atoms with E-state index in [2.05, 4.69) is 4.99 Å². The van der Waals surface area contributed by atoms with E-state index in [0.717, 1.165) is 16.9 Å². The molecule has 12 heteroatoms. The molecule has 0 amide bonds. The maximum absolute atomic E-state index is 14.0. The first-order chi connectivity index (χ1) is 21.2. The fourth-order valence-corrected chi connectivity index (χ4v) is 5.92. The lowest BCUT2D eigenvalue weighted by Crippen LogP contribution is -2.39. The third-order valence-electron chi connectivity index (χ3n) is 6.98. The highest BCUT2D eigenvalue weighted by atomic mass is 32.1. The number of benzene rings is 3. The normalized spacial score (nSPS) is 14.5. The van der Waals surface area contributed by atoms with Crippen LogP contribution in [0, 0.1) is 10.1 Å². The molecule has 0 bridgehead atoms. The molecule has 0 aliphatic carbocycles. The topological polar surface area (TPSA) is 131 Å². The molecule has 0 saturated carbocycles. The molecular formula is C32H29N3O8S. The highest BCUT2D eigenvalue weighted by molar-refractivity contribution is 7.07. The van der Waals surface area contributed by atoms with Gasteiger partial charge in [-0.3, -0.25) is 19.5 Å². The number of hydrogen-bond donors (Lipinski definition) is 0. The maximum Gasteiger partial charge on any atom is 0.338 e. The molecule has 0 N–H and O–H groups in total. The number of fused-ring (bicyclic) bond motifs is 1. The number of nitro groups is 1. The van der Waals surface area contributed by atoms with Crippen LogP contribution in [0.5, 0.6) is 17.2 Å². The molecule has 44 heavy (non-hydrogen) atoms. The number of allylic oxidation sites excluding steroid dienone is 1. The Bertz CT molecular complexity index is 1930. The first-order valence-corrected chi connectivity index (χ1v) is 14.4. The van der Waals surface area contributed by atoms with E-state index >= 15 is 0 Å². The van der Waals surface area contributed by atoms with Crippen LogP contribution in [0.4, 0.5) is 5.69 Å². The zero-order chi connectivity index (χ0) is 31.4. The molecule has 0 fully saturated rings. The van der Waals surface area contributed by atoms with Crippen molar-refractivity contribution in [3.05, 3.63) is 124 Å². The molecule has 0 unspecified atom stereocenters. The number of methoxy groups -OCH3 is 2. The second-order valence-electron chi connectivity index (χ2n) is 9.67. The van der Waals surface area contributed by atoms with Crippen molar-refractivity contribution in [3.8, 4) is 17.2 Å². The van der Waals surface area contributed by atoms with E-state index in [4.69, 9.17) is 18.9 Å². The molecule has 1 aromatic heterocycles. The van der Waals surface area contributed by atoms with Gasteiger partial charge in [0.1, 0.15) is 12.4 Å². The van der Waals surface area contributed by atoms with Crippen LogP contribution in [0.3, 0.4) is 0 Å². The second-order valence-corrected chi connectivity index (χ2v) is 10.7. The Hall–Kier alpha value is -5.23. The summed E-state index contributed by atoms with van der Waals surface area (Å²) in [4.78, 5) is 43.6. The molecule has 3 aromatic carbocycles. The molecule has 1 aliphatic heterocycles. The zero-order valence-electron chi connectivity index (χ0n) is 24.4. The Kier molecular flexibility index (Phi) is 8.91. The van der Waals surface area contributed by atoms with Gasteiger partial charge in [0.25, 0.3) is 11.2 Å². The van der Waals surface area contributed by atoms with Gasteiger partial charge in [-0.25, -0.2) is 9.79 Å². The third kappa shape index (κ3) is 5.97. The summed E-state index contributed by atoms with van der Waals surface area (Å²) in [5, 5.41) is 12.2. The van der Waals surface area contributed by atoms with Gasteiger partial charge in [-0.05, 0) is 49.2 Å². The van der Waals surface area contributed by atoms with Crippen LogP contribution in [0.25, 0.3) is 6.08 Å². The molecule has 1 aliphatic rings. The average molecular weight is 616 g/mol. The van der Waals surface area contributed by atoms with Crippen molar-refractivity contribution in [2.75, 3.05) is 20.8 Å². The Morgan fingerprint density at radius 2 is 1.80 bits per heavy atom. The number of aromatic nitrogens is 1. The van der Waals surface area contributed by atoms with E-state index < -0.39 is 22.5 Å². The highest BCUT2D eigenvalue weighted by Gasteiger charge is 2.33. The van der Waals surface area contributed by atoms with Gasteiger partial charge in [0, 0.05) is 0 Å². The quantitative estimate of drug-likeness (QED) is 0.147.